The predicted molar refractivity (Wildman–Crippen MR) is 158 cm³/mol. The second-order valence-corrected chi connectivity index (χ2v) is 13.7. The molecule has 2 unspecified atom stereocenters. The van der Waals surface area contributed by atoms with Crippen molar-refractivity contribution < 1.29 is 9.18 Å². The third kappa shape index (κ3) is 7.93. The van der Waals surface area contributed by atoms with Gasteiger partial charge in [0, 0.05) is 48.3 Å². The first kappa shape index (κ1) is 30.2. The van der Waals surface area contributed by atoms with Gasteiger partial charge in [-0.3, -0.25) is 9.59 Å². The van der Waals surface area contributed by atoms with Crippen LogP contribution in [0.4, 0.5) is 10.1 Å². The molecule has 0 radical (unpaired) electrons. The normalized spacial score (nSPS) is 26.8. The van der Waals surface area contributed by atoms with Crippen molar-refractivity contribution in [3.63, 3.8) is 0 Å². The van der Waals surface area contributed by atoms with Crippen LogP contribution in [0.15, 0.2) is 10.9 Å². The van der Waals surface area contributed by atoms with E-state index in [4.69, 9.17) is 0 Å². The topological polar surface area (TPSA) is 68.4 Å². The summed E-state index contributed by atoms with van der Waals surface area (Å²) in [5.74, 6) is 1.09. The number of piperidine rings is 1. The summed E-state index contributed by atoms with van der Waals surface area (Å²) in [6.45, 7) is 15.1. The highest BCUT2D eigenvalue weighted by molar-refractivity contribution is 5.96. The number of nitrogens with one attached hydrogen (secondary N) is 2. The van der Waals surface area contributed by atoms with Crippen LogP contribution < -0.4 is 15.8 Å². The van der Waals surface area contributed by atoms with E-state index in [1.807, 2.05) is 11.0 Å². The van der Waals surface area contributed by atoms with E-state index in [0.29, 0.717) is 56.1 Å². The van der Waals surface area contributed by atoms with E-state index < -0.39 is 6.17 Å². The first-order valence-electron chi connectivity index (χ1n) is 15.7. The lowest BCUT2D eigenvalue weighted by Gasteiger charge is -2.35. The van der Waals surface area contributed by atoms with Gasteiger partial charge in [-0.25, -0.2) is 4.39 Å². The van der Waals surface area contributed by atoms with Crippen LogP contribution in [0.1, 0.15) is 110 Å². The summed E-state index contributed by atoms with van der Waals surface area (Å²) in [6.07, 6.45) is 9.14. The smallest absolute Gasteiger partial charge is 0.251 e. The Hall–Kier alpha value is -1.73. The van der Waals surface area contributed by atoms with E-state index in [1.165, 1.54) is 25.8 Å². The molecular formula is C32H53FN4O2. The van der Waals surface area contributed by atoms with E-state index in [2.05, 4.69) is 49.8 Å². The average Bonchev–Trinajstić information content (AvgIpc) is 3.15. The maximum Gasteiger partial charge on any atom is 0.251 e. The van der Waals surface area contributed by atoms with Gasteiger partial charge in [-0.05, 0) is 103 Å². The van der Waals surface area contributed by atoms with Crippen LogP contribution >= 0.6 is 0 Å². The van der Waals surface area contributed by atoms with Crippen LogP contribution in [0.2, 0.25) is 0 Å². The first-order chi connectivity index (χ1) is 18.5. The molecule has 6 nitrogen and oxygen atoms in total. The third-order valence-corrected chi connectivity index (χ3v) is 9.53. The molecule has 0 bridgehead atoms. The van der Waals surface area contributed by atoms with Crippen LogP contribution in [0.25, 0.3) is 0 Å². The van der Waals surface area contributed by atoms with Gasteiger partial charge in [0.25, 0.3) is 5.56 Å². The van der Waals surface area contributed by atoms with Crippen LogP contribution in [-0.4, -0.2) is 60.2 Å². The standard InChI is InChI=1S/C32H53FN4O2/c1-22(20-36-16-7-6-10-24(36)3)19-34-23(2)9-8-11-29(38)37-21-32(4,5)30-28(37)18-26(31(39)35-30)17-25-12-14-27(33)15-13-25/h18,22-25,27,34H,6-17,19-21H2,1-5H3,(H,35,39)/t22?,23-,24?,25?,27?/m1/s1. The van der Waals surface area contributed by atoms with Gasteiger partial charge in [0.1, 0.15) is 6.17 Å². The minimum atomic E-state index is -0.696. The lowest BCUT2D eigenvalue weighted by atomic mass is 9.84. The minimum absolute atomic E-state index is 0.0534. The maximum absolute atomic E-state index is 13.6. The van der Waals surface area contributed by atoms with E-state index in [-0.39, 0.29) is 16.9 Å². The number of nitrogens with zero attached hydrogens (tertiary/aromatic N) is 2. The number of amides is 1. The largest absolute Gasteiger partial charge is 0.323 e. The number of anilines is 1. The molecule has 3 aliphatic rings. The molecule has 4 rings (SSSR count). The second kappa shape index (κ2) is 13.3. The van der Waals surface area contributed by atoms with Gasteiger partial charge in [0.2, 0.25) is 5.91 Å². The molecule has 2 N–H and O–H groups in total. The molecule has 3 atom stereocenters. The Kier molecular flexibility index (Phi) is 10.3. The molecule has 1 saturated heterocycles. The Labute approximate surface area is 235 Å². The Balaban J connectivity index is 1.27. The number of carbonyl (C=O) groups is 1. The molecule has 2 aliphatic heterocycles. The maximum atomic E-state index is 13.6. The van der Waals surface area contributed by atoms with Gasteiger partial charge in [-0.15, -0.1) is 0 Å². The van der Waals surface area contributed by atoms with Gasteiger partial charge in [0.15, 0.2) is 0 Å². The molecule has 1 saturated carbocycles. The van der Waals surface area contributed by atoms with E-state index >= 15 is 0 Å². The second-order valence-electron chi connectivity index (χ2n) is 13.7. The van der Waals surface area contributed by atoms with Crippen LogP contribution in [0.3, 0.4) is 0 Å². The van der Waals surface area contributed by atoms with Gasteiger partial charge in [-0.2, -0.15) is 0 Å². The molecule has 1 aromatic heterocycles. The molecule has 3 heterocycles. The molecular weight excluding hydrogens is 491 g/mol. The third-order valence-electron chi connectivity index (χ3n) is 9.53. The number of pyridine rings is 1. The zero-order chi connectivity index (χ0) is 28.2. The molecule has 1 amide bonds. The summed E-state index contributed by atoms with van der Waals surface area (Å²) >= 11 is 0. The number of hydrogen-bond acceptors (Lipinski definition) is 4. The number of H-pyrrole nitrogens is 1. The van der Waals surface area contributed by atoms with Crippen molar-refractivity contribution in [3.05, 3.63) is 27.7 Å². The highest BCUT2D eigenvalue weighted by atomic mass is 19.1. The highest BCUT2D eigenvalue weighted by Crippen LogP contribution is 2.40. The van der Waals surface area contributed by atoms with E-state index in [9.17, 15) is 14.0 Å². The fraction of sp³-hybridized carbons (Fsp3) is 0.812. The fourth-order valence-electron chi connectivity index (χ4n) is 6.95. The van der Waals surface area contributed by atoms with Crippen molar-refractivity contribution in [2.45, 2.75) is 129 Å². The van der Waals surface area contributed by atoms with E-state index in [1.54, 1.807) is 0 Å². The molecule has 0 spiro atoms. The average molecular weight is 545 g/mol. The lowest BCUT2D eigenvalue weighted by molar-refractivity contribution is -0.118. The van der Waals surface area contributed by atoms with Crippen molar-refractivity contribution in [1.29, 1.82) is 0 Å². The summed E-state index contributed by atoms with van der Waals surface area (Å²) in [5, 5.41) is 3.70. The Morgan fingerprint density at radius 3 is 2.64 bits per heavy atom. The number of alkyl halides is 1. The Bertz CT molecular complexity index is 1020. The zero-order valence-corrected chi connectivity index (χ0v) is 25.2. The van der Waals surface area contributed by atoms with Crippen molar-refractivity contribution >= 4 is 11.6 Å². The van der Waals surface area contributed by atoms with Crippen molar-refractivity contribution in [1.82, 2.24) is 15.2 Å². The molecule has 1 aromatic rings. The predicted octanol–water partition coefficient (Wildman–Crippen LogP) is 5.73. The quantitative estimate of drug-likeness (QED) is 0.373. The van der Waals surface area contributed by atoms with Gasteiger partial charge >= 0.3 is 0 Å². The minimum Gasteiger partial charge on any atom is -0.323 e. The SMILES string of the molecule is CC(CN[C@H](C)CCCC(=O)N1CC(C)(C)c2[nH]c(=O)c(CC3CCC(F)CC3)cc21)CN1CCCCC1C. The number of rotatable bonds is 11. The monoisotopic (exact) mass is 544 g/mol. The summed E-state index contributed by atoms with van der Waals surface area (Å²) in [5.41, 5.74) is 2.13. The molecule has 7 heteroatoms. The van der Waals surface area contributed by atoms with Gasteiger partial charge < -0.3 is 20.1 Å². The Morgan fingerprint density at radius 2 is 1.92 bits per heavy atom. The first-order valence-corrected chi connectivity index (χ1v) is 15.7. The Morgan fingerprint density at radius 1 is 1.18 bits per heavy atom. The van der Waals surface area contributed by atoms with Crippen LogP contribution in [0, 0.1) is 11.8 Å². The molecule has 220 valence electrons. The number of hydrogen-bond donors (Lipinski definition) is 2. The summed E-state index contributed by atoms with van der Waals surface area (Å²) in [4.78, 5) is 34.0. The van der Waals surface area contributed by atoms with Crippen molar-refractivity contribution in [2.24, 2.45) is 11.8 Å². The summed E-state index contributed by atoms with van der Waals surface area (Å²) in [7, 11) is 0. The van der Waals surface area contributed by atoms with Gasteiger partial charge in [0.05, 0.1) is 5.69 Å². The zero-order valence-electron chi connectivity index (χ0n) is 25.2. The highest BCUT2D eigenvalue weighted by Gasteiger charge is 2.39. The lowest BCUT2D eigenvalue weighted by Crippen LogP contribution is -2.42. The molecule has 1 aliphatic carbocycles. The number of fused-ring (bicyclic) bond motifs is 1. The molecule has 2 fully saturated rings. The van der Waals surface area contributed by atoms with Crippen LogP contribution in [0.5, 0.6) is 0 Å². The fourth-order valence-corrected chi connectivity index (χ4v) is 6.95. The molecule has 39 heavy (non-hydrogen) atoms. The van der Waals surface area contributed by atoms with Gasteiger partial charge in [-0.1, -0.05) is 27.2 Å². The van der Waals surface area contributed by atoms with Crippen molar-refractivity contribution in [2.75, 3.05) is 31.1 Å². The number of likely N-dealkylation sites (tertiary alicyclic amines) is 1. The summed E-state index contributed by atoms with van der Waals surface area (Å²) in [6, 6.07) is 3.04. The number of carbonyl (C=O) groups excluding carboxylic acids is 1. The number of halogens is 1. The molecule has 0 aromatic carbocycles. The van der Waals surface area contributed by atoms with Crippen LogP contribution in [-0.2, 0) is 16.6 Å². The number of aromatic nitrogens is 1. The van der Waals surface area contributed by atoms with E-state index in [0.717, 1.165) is 55.7 Å². The van der Waals surface area contributed by atoms with Crippen molar-refractivity contribution in [3.8, 4) is 0 Å². The summed E-state index contributed by atoms with van der Waals surface area (Å²) < 4.78 is 13.6. The number of aromatic amines is 1.